The molecule has 0 fully saturated rings. The van der Waals surface area contributed by atoms with Crippen LogP contribution in [0.25, 0.3) is 22.6 Å². The largest absolute Gasteiger partial charge is 0.497 e. The van der Waals surface area contributed by atoms with Crippen molar-refractivity contribution in [3.05, 3.63) is 42.5 Å². The van der Waals surface area contributed by atoms with Crippen LogP contribution in [0.15, 0.2) is 46.9 Å². The molecule has 1 amide bonds. The number of anilines is 1. The first-order chi connectivity index (χ1) is 11.4. The predicted molar refractivity (Wildman–Crippen MR) is 80.7 cm³/mol. The van der Waals surface area contributed by atoms with Crippen LogP contribution in [0.1, 0.15) is 0 Å². The molecule has 24 heavy (non-hydrogen) atoms. The summed E-state index contributed by atoms with van der Waals surface area (Å²) < 4.78 is 47.3. The molecule has 1 N–H and O–H groups in total. The second-order valence-corrected chi connectivity index (χ2v) is 4.88. The lowest BCUT2D eigenvalue weighted by Crippen LogP contribution is -2.29. The highest BCUT2D eigenvalue weighted by atomic mass is 19.4. The van der Waals surface area contributed by atoms with Crippen molar-refractivity contribution in [2.75, 3.05) is 12.4 Å². The quantitative estimate of drug-likeness (QED) is 0.785. The zero-order chi connectivity index (χ0) is 17.3. The number of hydrogen-bond donors (Lipinski definition) is 1. The fourth-order valence-corrected chi connectivity index (χ4v) is 2.06. The summed E-state index contributed by atoms with van der Waals surface area (Å²) in [5.74, 6) is -1.08. The summed E-state index contributed by atoms with van der Waals surface area (Å²) in [6, 6.07) is 10.8. The molecule has 0 aliphatic heterocycles. The van der Waals surface area contributed by atoms with Crippen molar-refractivity contribution >= 4 is 22.7 Å². The summed E-state index contributed by atoms with van der Waals surface area (Å²) in [4.78, 5) is 15.2. The molecule has 8 heteroatoms. The number of hydrogen-bond acceptors (Lipinski definition) is 4. The molecule has 5 nitrogen and oxygen atoms in total. The van der Waals surface area contributed by atoms with Crippen LogP contribution in [0.3, 0.4) is 0 Å². The molecular weight excluding hydrogens is 325 g/mol. The Hall–Kier alpha value is -3.03. The van der Waals surface area contributed by atoms with Crippen molar-refractivity contribution in [1.82, 2.24) is 4.98 Å². The molecular formula is C16H11F3N2O3. The van der Waals surface area contributed by atoms with Crippen LogP contribution in [0, 0.1) is 0 Å². The van der Waals surface area contributed by atoms with Gasteiger partial charge in [0.2, 0.25) is 5.89 Å². The number of benzene rings is 2. The minimum absolute atomic E-state index is 0.0267. The van der Waals surface area contributed by atoms with E-state index in [1.807, 2.05) is 0 Å². The van der Waals surface area contributed by atoms with E-state index in [1.165, 1.54) is 31.4 Å². The maximum atomic E-state index is 12.2. The number of fused-ring (bicyclic) bond motifs is 1. The highest BCUT2D eigenvalue weighted by Crippen LogP contribution is 2.28. The van der Waals surface area contributed by atoms with E-state index in [9.17, 15) is 18.0 Å². The van der Waals surface area contributed by atoms with Gasteiger partial charge in [-0.1, -0.05) is 0 Å². The monoisotopic (exact) mass is 336 g/mol. The van der Waals surface area contributed by atoms with E-state index in [2.05, 4.69) is 4.98 Å². The van der Waals surface area contributed by atoms with E-state index < -0.39 is 12.1 Å². The summed E-state index contributed by atoms with van der Waals surface area (Å²) in [6.45, 7) is 0. The first-order valence-electron chi connectivity index (χ1n) is 6.80. The first kappa shape index (κ1) is 15.9. The van der Waals surface area contributed by atoms with Gasteiger partial charge < -0.3 is 14.5 Å². The van der Waals surface area contributed by atoms with Crippen LogP contribution < -0.4 is 10.1 Å². The molecule has 0 radical (unpaired) electrons. The Bertz CT molecular complexity index is 886. The van der Waals surface area contributed by atoms with Crippen molar-refractivity contribution in [2.24, 2.45) is 0 Å². The van der Waals surface area contributed by atoms with Gasteiger partial charge in [0.25, 0.3) is 0 Å². The Labute approximate surface area is 134 Å². The highest BCUT2D eigenvalue weighted by molar-refractivity contribution is 5.95. The van der Waals surface area contributed by atoms with Gasteiger partial charge in [-0.2, -0.15) is 13.2 Å². The second kappa shape index (κ2) is 5.88. The third kappa shape index (κ3) is 3.17. The summed E-state index contributed by atoms with van der Waals surface area (Å²) in [7, 11) is 1.54. The molecule has 1 heterocycles. The third-order valence-electron chi connectivity index (χ3n) is 3.24. The molecule has 0 aliphatic rings. The van der Waals surface area contributed by atoms with Crippen molar-refractivity contribution in [3.8, 4) is 17.2 Å². The van der Waals surface area contributed by atoms with Crippen molar-refractivity contribution < 1.29 is 27.1 Å². The minimum Gasteiger partial charge on any atom is -0.497 e. The van der Waals surface area contributed by atoms with Crippen LogP contribution in [-0.4, -0.2) is 24.2 Å². The predicted octanol–water partition coefficient (Wildman–Crippen LogP) is 4.00. The lowest BCUT2D eigenvalue weighted by molar-refractivity contribution is -0.167. The van der Waals surface area contributed by atoms with Gasteiger partial charge in [-0.05, 0) is 36.4 Å². The number of alkyl halides is 3. The number of amides is 1. The van der Waals surface area contributed by atoms with Gasteiger partial charge in [-0.15, -0.1) is 0 Å². The van der Waals surface area contributed by atoms with Crippen LogP contribution >= 0.6 is 0 Å². The number of ether oxygens (including phenoxy) is 1. The van der Waals surface area contributed by atoms with Crippen molar-refractivity contribution in [2.45, 2.75) is 6.18 Å². The van der Waals surface area contributed by atoms with E-state index in [0.717, 1.165) is 0 Å². The number of methoxy groups -OCH3 is 1. The molecule has 2 aromatic carbocycles. The van der Waals surface area contributed by atoms with E-state index in [4.69, 9.17) is 9.15 Å². The Kier molecular flexibility index (Phi) is 3.88. The van der Waals surface area contributed by atoms with Gasteiger partial charge in [-0.3, -0.25) is 4.79 Å². The molecule has 0 atom stereocenters. The Morgan fingerprint density at radius 2 is 1.88 bits per heavy atom. The summed E-state index contributed by atoms with van der Waals surface area (Å²) in [5, 5.41) is 1.77. The SMILES string of the molecule is COc1ccc2oc(-c3ccc(NC(=O)C(F)(F)F)cc3)nc2c1. The van der Waals surface area contributed by atoms with E-state index in [-0.39, 0.29) is 5.69 Å². The molecule has 1 aromatic heterocycles. The van der Waals surface area contributed by atoms with Crippen LogP contribution in [0.5, 0.6) is 5.75 Å². The van der Waals surface area contributed by atoms with Gasteiger partial charge in [0, 0.05) is 17.3 Å². The molecule has 3 aromatic rings. The lowest BCUT2D eigenvalue weighted by Gasteiger charge is -2.07. The maximum Gasteiger partial charge on any atom is 0.471 e. The minimum atomic E-state index is -4.93. The summed E-state index contributed by atoms with van der Waals surface area (Å²) in [6.07, 6.45) is -4.93. The zero-order valence-corrected chi connectivity index (χ0v) is 12.3. The van der Waals surface area contributed by atoms with Gasteiger partial charge in [-0.25, -0.2) is 4.98 Å². The van der Waals surface area contributed by atoms with Crippen LogP contribution in [0.4, 0.5) is 18.9 Å². The molecule has 3 rings (SSSR count). The summed E-state index contributed by atoms with van der Waals surface area (Å²) in [5.41, 5.74) is 1.74. The first-order valence-corrected chi connectivity index (χ1v) is 6.80. The molecule has 0 aliphatic carbocycles. The van der Waals surface area contributed by atoms with Crippen LogP contribution in [-0.2, 0) is 4.79 Å². The number of carbonyl (C=O) groups is 1. The second-order valence-electron chi connectivity index (χ2n) is 4.88. The number of oxazole rings is 1. The Morgan fingerprint density at radius 1 is 1.17 bits per heavy atom. The van der Waals surface area contributed by atoms with Crippen molar-refractivity contribution in [1.29, 1.82) is 0 Å². The number of rotatable bonds is 3. The third-order valence-corrected chi connectivity index (χ3v) is 3.24. The number of nitrogens with one attached hydrogen (secondary N) is 1. The fraction of sp³-hybridized carbons (Fsp3) is 0.125. The average Bonchev–Trinajstić information content (AvgIpc) is 2.97. The van der Waals surface area contributed by atoms with Gasteiger partial charge in [0.1, 0.15) is 11.3 Å². The zero-order valence-electron chi connectivity index (χ0n) is 12.3. The van der Waals surface area contributed by atoms with Gasteiger partial charge in [0.15, 0.2) is 5.58 Å². The maximum absolute atomic E-state index is 12.2. The topological polar surface area (TPSA) is 64.4 Å². The molecule has 124 valence electrons. The molecule has 0 saturated carbocycles. The van der Waals surface area contributed by atoms with E-state index in [1.54, 1.807) is 23.5 Å². The van der Waals surface area contributed by atoms with Gasteiger partial charge in [0.05, 0.1) is 7.11 Å². The van der Waals surface area contributed by atoms with E-state index >= 15 is 0 Å². The van der Waals surface area contributed by atoms with Gasteiger partial charge >= 0.3 is 12.1 Å². The average molecular weight is 336 g/mol. The Morgan fingerprint density at radius 3 is 2.50 bits per heavy atom. The number of aromatic nitrogens is 1. The number of carbonyl (C=O) groups excluding carboxylic acids is 1. The number of nitrogens with zero attached hydrogens (tertiary/aromatic N) is 1. The fourth-order valence-electron chi connectivity index (χ4n) is 2.06. The molecule has 0 saturated heterocycles. The molecule has 0 bridgehead atoms. The number of halogens is 3. The standard InChI is InChI=1S/C16H11F3N2O3/c1-23-11-6-7-13-12(8-11)21-14(24-13)9-2-4-10(5-3-9)20-15(22)16(17,18)19/h2-8H,1H3,(H,20,22). The van der Waals surface area contributed by atoms with Crippen LogP contribution in [0.2, 0.25) is 0 Å². The molecule has 0 unspecified atom stereocenters. The Balaban J connectivity index is 1.84. The smallest absolute Gasteiger partial charge is 0.471 e. The molecule has 0 spiro atoms. The lowest BCUT2D eigenvalue weighted by atomic mass is 10.2. The van der Waals surface area contributed by atoms with Crippen molar-refractivity contribution in [3.63, 3.8) is 0 Å². The van der Waals surface area contributed by atoms with E-state index in [0.29, 0.717) is 28.3 Å². The normalized spacial score (nSPS) is 11.5. The highest BCUT2D eigenvalue weighted by Gasteiger charge is 2.38. The summed E-state index contributed by atoms with van der Waals surface area (Å²) >= 11 is 0.